The summed E-state index contributed by atoms with van der Waals surface area (Å²) in [5, 5.41) is 12.3. The predicted octanol–water partition coefficient (Wildman–Crippen LogP) is 3.62. The molecule has 8 nitrogen and oxygen atoms in total. The van der Waals surface area contributed by atoms with E-state index in [4.69, 9.17) is 21.1 Å². The molecular formula is C18H22ClN5O3. The number of aryl methyl sites for hydroxylation is 1. The Hall–Kier alpha value is -2.58. The van der Waals surface area contributed by atoms with E-state index in [-0.39, 0.29) is 19.5 Å². The van der Waals surface area contributed by atoms with E-state index >= 15 is 0 Å². The minimum atomic E-state index is -0.539. The van der Waals surface area contributed by atoms with Gasteiger partial charge in [-0.2, -0.15) is 5.10 Å². The standard InChI is InChI=1S/C18H22ClN5O3/c1-11-14(19)16-21-15(23-24(16)22-11)12-5-7-13(8-6-12)20-9-26-10-27-17(25)18(2,3)4/h5-8,20H,9-10H2,1-4H3,(H,21,23). The number of carbonyl (C=O) groups is 1. The first-order valence-corrected chi connectivity index (χ1v) is 8.84. The van der Waals surface area contributed by atoms with E-state index in [1.54, 1.807) is 20.8 Å². The van der Waals surface area contributed by atoms with Crippen LogP contribution >= 0.6 is 11.6 Å². The molecule has 0 aliphatic heterocycles. The number of esters is 1. The summed E-state index contributed by atoms with van der Waals surface area (Å²) < 4.78 is 11.8. The van der Waals surface area contributed by atoms with E-state index in [0.717, 1.165) is 16.9 Å². The van der Waals surface area contributed by atoms with Crippen LogP contribution in [0.2, 0.25) is 5.02 Å². The van der Waals surface area contributed by atoms with Crippen LogP contribution in [0.15, 0.2) is 24.3 Å². The van der Waals surface area contributed by atoms with Crippen LogP contribution < -0.4 is 5.32 Å². The third kappa shape index (κ3) is 4.40. The Bertz CT molecular complexity index is 940. The number of aromatic nitrogens is 4. The summed E-state index contributed by atoms with van der Waals surface area (Å²) in [4.78, 5) is 14.8. The fourth-order valence-electron chi connectivity index (χ4n) is 2.27. The smallest absolute Gasteiger partial charge is 0.313 e. The van der Waals surface area contributed by atoms with Gasteiger partial charge in [0.05, 0.1) is 11.1 Å². The normalized spacial score (nSPS) is 11.7. The second-order valence-corrected chi connectivity index (χ2v) is 7.49. The minimum Gasteiger partial charge on any atom is -0.438 e. The van der Waals surface area contributed by atoms with Crippen molar-refractivity contribution in [1.82, 2.24) is 19.8 Å². The Kier molecular flexibility index (Phi) is 5.38. The van der Waals surface area contributed by atoms with E-state index in [1.807, 2.05) is 31.2 Å². The number of nitrogens with zero attached hydrogens (tertiary/aromatic N) is 3. The van der Waals surface area contributed by atoms with E-state index < -0.39 is 5.41 Å². The highest BCUT2D eigenvalue weighted by Gasteiger charge is 2.22. The van der Waals surface area contributed by atoms with Crippen molar-refractivity contribution in [2.24, 2.45) is 5.41 Å². The lowest BCUT2D eigenvalue weighted by molar-refractivity contribution is -0.165. The van der Waals surface area contributed by atoms with Gasteiger partial charge in [-0.15, -0.1) is 9.73 Å². The minimum absolute atomic E-state index is 0.0897. The molecule has 0 amide bonds. The number of hydrogen-bond acceptors (Lipinski definition) is 6. The van der Waals surface area contributed by atoms with Crippen molar-refractivity contribution >= 4 is 28.9 Å². The van der Waals surface area contributed by atoms with Gasteiger partial charge >= 0.3 is 5.97 Å². The monoisotopic (exact) mass is 391 g/mol. The molecule has 27 heavy (non-hydrogen) atoms. The lowest BCUT2D eigenvalue weighted by atomic mass is 9.98. The first kappa shape index (κ1) is 19.2. The van der Waals surface area contributed by atoms with Crippen LogP contribution in [0, 0.1) is 12.3 Å². The van der Waals surface area contributed by atoms with Gasteiger partial charge in [-0.05, 0) is 52.0 Å². The van der Waals surface area contributed by atoms with Gasteiger partial charge in [0, 0.05) is 11.3 Å². The molecule has 0 fully saturated rings. The molecule has 2 heterocycles. The molecule has 0 atom stereocenters. The Labute approximate surface area is 161 Å². The number of anilines is 1. The number of nitrogens with one attached hydrogen (secondary N) is 2. The maximum Gasteiger partial charge on any atom is 0.313 e. The highest BCUT2D eigenvalue weighted by atomic mass is 35.5. The van der Waals surface area contributed by atoms with Gasteiger partial charge in [-0.1, -0.05) is 11.6 Å². The van der Waals surface area contributed by atoms with Gasteiger partial charge < -0.3 is 19.8 Å². The third-order valence-corrected chi connectivity index (χ3v) is 4.28. The second-order valence-electron chi connectivity index (χ2n) is 7.11. The highest BCUT2D eigenvalue weighted by Crippen LogP contribution is 2.24. The molecule has 0 radical (unpaired) electrons. The van der Waals surface area contributed by atoms with Crippen LogP contribution in [0.25, 0.3) is 17.0 Å². The number of halogens is 1. The van der Waals surface area contributed by atoms with Gasteiger partial charge in [-0.3, -0.25) is 4.79 Å². The molecule has 2 aromatic heterocycles. The van der Waals surface area contributed by atoms with Crippen LogP contribution in [-0.2, 0) is 14.3 Å². The zero-order valence-electron chi connectivity index (χ0n) is 15.7. The lowest BCUT2D eigenvalue weighted by Crippen LogP contribution is -2.24. The van der Waals surface area contributed by atoms with Gasteiger partial charge in [0.1, 0.15) is 11.8 Å². The topological polar surface area (TPSA) is 93.5 Å². The molecule has 1 aromatic carbocycles. The summed E-state index contributed by atoms with van der Waals surface area (Å²) in [7, 11) is 0. The summed E-state index contributed by atoms with van der Waals surface area (Å²) in [6.07, 6.45) is 0. The van der Waals surface area contributed by atoms with Crippen molar-refractivity contribution in [3.8, 4) is 11.4 Å². The fraction of sp³-hybridized carbons (Fsp3) is 0.389. The maximum atomic E-state index is 11.6. The van der Waals surface area contributed by atoms with Crippen LogP contribution in [0.1, 0.15) is 26.5 Å². The first-order valence-electron chi connectivity index (χ1n) is 8.46. The lowest BCUT2D eigenvalue weighted by Gasteiger charge is -2.16. The number of fused-ring (bicyclic) bond motifs is 1. The van der Waals surface area contributed by atoms with E-state index in [0.29, 0.717) is 16.5 Å². The van der Waals surface area contributed by atoms with Crippen molar-refractivity contribution in [3.05, 3.63) is 35.0 Å². The molecule has 3 rings (SSSR count). The van der Waals surface area contributed by atoms with E-state index in [9.17, 15) is 4.79 Å². The van der Waals surface area contributed by atoms with Crippen LogP contribution in [0.3, 0.4) is 0 Å². The van der Waals surface area contributed by atoms with Crippen molar-refractivity contribution in [1.29, 1.82) is 0 Å². The van der Waals surface area contributed by atoms with Crippen LogP contribution in [-0.4, -0.2) is 39.3 Å². The quantitative estimate of drug-likeness (QED) is 0.378. The number of aromatic amines is 1. The van der Waals surface area contributed by atoms with Gasteiger partial charge in [0.15, 0.2) is 18.3 Å². The zero-order chi connectivity index (χ0) is 19.6. The van der Waals surface area contributed by atoms with Crippen molar-refractivity contribution < 1.29 is 14.3 Å². The molecule has 3 aromatic rings. The first-order chi connectivity index (χ1) is 12.8. The molecule has 144 valence electrons. The van der Waals surface area contributed by atoms with Gasteiger partial charge in [-0.25, -0.2) is 0 Å². The van der Waals surface area contributed by atoms with Crippen molar-refractivity contribution in [2.75, 3.05) is 18.8 Å². The number of hydrogen-bond donors (Lipinski definition) is 2. The van der Waals surface area contributed by atoms with Crippen molar-refractivity contribution in [2.45, 2.75) is 27.7 Å². The molecule has 9 heteroatoms. The number of rotatable bonds is 6. The second kappa shape index (κ2) is 7.58. The van der Waals surface area contributed by atoms with Crippen LogP contribution in [0.4, 0.5) is 5.69 Å². The number of benzene rings is 1. The molecule has 2 N–H and O–H groups in total. The third-order valence-electron chi connectivity index (χ3n) is 3.82. The van der Waals surface area contributed by atoms with Gasteiger partial charge in [0.25, 0.3) is 0 Å². The van der Waals surface area contributed by atoms with E-state index in [1.165, 1.54) is 4.63 Å². The average molecular weight is 392 g/mol. The molecule has 0 aliphatic carbocycles. The largest absolute Gasteiger partial charge is 0.438 e. The number of carbonyl (C=O) groups excluding carboxylic acids is 1. The Morgan fingerprint density at radius 2 is 1.96 bits per heavy atom. The van der Waals surface area contributed by atoms with Gasteiger partial charge in [0.2, 0.25) is 0 Å². The molecule has 0 aliphatic rings. The number of H-pyrrole nitrogens is 1. The van der Waals surface area contributed by atoms with Crippen LogP contribution in [0.5, 0.6) is 0 Å². The summed E-state index contributed by atoms with van der Waals surface area (Å²) in [6, 6.07) is 7.64. The zero-order valence-corrected chi connectivity index (χ0v) is 16.4. The maximum absolute atomic E-state index is 11.6. The Morgan fingerprint density at radius 1 is 1.26 bits per heavy atom. The Morgan fingerprint density at radius 3 is 2.59 bits per heavy atom. The number of ether oxygens (including phenoxy) is 2. The molecular weight excluding hydrogens is 370 g/mol. The molecule has 0 saturated heterocycles. The van der Waals surface area contributed by atoms with E-state index in [2.05, 4.69) is 20.5 Å². The summed E-state index contributed by atoms with van der Waals surface area (Å²) in [5.41, 5.74) is 2.63. The summed E-state index contributed by atoms with van der Waals surface area (Å²) in [6.45, 7) is 7.34. The Balaban J connectivity index is 1.52. The highest BCUT2D eigenvalue weighted by molar-refractivity contribution is 6.34. The fourth-order valence-corrected chi connectivity index (χ4v) is 2.43. The molecule has 0 saturated carbocycles. The SMILES string of the molecule is Cc1nn2nc(-c3ccc(NCOCOC(=O)C(C)(C)C)cc3)[nH]c2c1Cl. The summed E-state index contributed by atoms with van der Waals surface area (Å²) >= 11 is 6.19. The average Bonchev–Trinajstić information content (AvgIpc) is 3.14. The molecule has 0 spiro atoms. The summed E-state index contributed by atoms with van der Waals surface area (Å²) in [5.74, 6) is 0.378. The van der Waals surface area contributed by atoms with Crippen molar-refractivity contribution in [3.63, 3.8) is 0 Å². The molecule has 0 bridgehead atoms. The predicted molar refractivity (Wildman–Crippen MR) is 103 cm³/mol. The molecule has 0 unspecified atom stereocenters.